The van der Waals surface area contributed by atoms with Crippen LogP contribution in [0.5, 0.6) is 0 Å². The second-order valence-electron chi connectivity index (χ2n) is 6.29. The lowest BCUT2D eigenvalue weighted by atomic mass is 9.92. The van der Waals surface area contributed by atoms with Crippen molar-refractivity contribution in [3.8, 4) is 0 Å². The molecule has 0 saturated carbocycles. The van der Waals surface area contributed by atoms with Crippen molar-refractivity contribution < 1.29 is 5.11 Å². The molecule has 3 heteroatoms. The molecule has 1 atom stereocenters. The molecule has 0 radical (unpaired) electrons. The van der Waals surface area contributed by atoms with Crippen molar-refractivity contribution in [2.45, 2.75) is 33.2 Å². The van der Waals surface area contributed by atoms with E-state index in [0.717, 1.165) is 26.1 Å². The zero-order valence-corrected chi connectivity index (χ0v) is 12.3. The van der Waals surface area contributed by atoms with Crippen LogP contribution in [0.2, 0.25) is 0 Å². The molecule has 0 amide bonds. The second-order valence-corrected chi connectivity index (χ2v) is 6.29. The van der Waals surface area contributed by atoms with Gasteiger partial charge in [-0.2, -0.15) is 0 Å². The summed E-state index contributed by atoms with van der Waals surface area (Å²) in [6.07, 6.45) is 1.05. The van der Waals surface area contributed by atoms with Gasteiger partial charge in [-0.25, -0.2) is 0 Å². The van der Waals surface area contributed by atoms with Crippen LogP contribution in [0.15, 0.2) is 24.3 Å². The fourth-order valence-electron chi connectivity index (χ4n) is 2.81. The van der Waals surface area contributed by atoms with E-state index >= 15 is 0 Å². The third-order valence-corrected chi connectivity index (χ3v) is 3.86. The van der Waals surface area contributed by atoms with Gasteiger partial charge in [-0.1, -0.05) is 39.0 Å². The summed E-state index contributed by atoms with van der Waals surface area (Å²) in [4.78, 5) is 2.43. The molecule has 2 N–H and O–H groups in total. The Balaban J connectivity index is 2.29. The maximum absolute atomic E-state index is 9.49. The normalized spacial score (nSPS) is 23.2. The molecule has 19 heavy (non-hydrogen) atoms. The van der Waals surface area contributed by atoms with Crippen LogP contribution in [0.1, 0.15) is 26.3 Å². The molecule has 1 aliphatic heterocycles. The van der Waals surface area contributed by atoms with Crippen LogP contribution >= 0.6 is 0 Å². The number of rotatable bonds is 3. The highest BCUT2D eigenvalue weighted by molar-refractivity contribution is 5.54. The Bertz CT molecular complexity index is 417. The van der Waals surface area contributed by atoms with E-state index in [1.807, 2.05) is 0 Å². The molecule has 0 bridgehead atoms. The van der Waals surface area contributed by atoms with Crippen LogP contribution in [0.4, 0.5) is 5.69 Å². The highest BCUT2D eigenvalue weighted by atomic mass is 16.3. The summed E-state index contributed by atoms with van der Waals surface area (Å²) >= 11 is 0. The summed E-state index contributed by atoms with van der Waals surface area (Å²) in [6.45, 7) is 9.79. The maximum atomic E-state index is 9.49. The molecular formula is C16H26N2O. The van der Waals surface area contributed by atoms with Gasteiger partial charge in [0.1, 0.15) is 0 Å². The number of hydrogen-bond acceptors (Lipinski definition) is 3. The monoisotopic (exact) mass is 262 g/mol. The van der Waals surface area contributed by atoms with Gasteiger partial charge in [0.05, 0.1) is 6.61 Å². The van der Waals surface area contributed by atoms with Crippen molar-refractivity contribution in [3.63, 3.8) is 0 Å². The minimum absolute atomic E-state index is 0.159. The van der Waals surface area contributed by atoms with Crippen LogP contribution in [0.3, 0.4) is 0 Å². The quantitative estimate of drug-likeness (QED) is 0.875. The first-order valence-corrected chi connectivity index (χ1v) is 7.23. The number of aliphatic hydroxyl groups is 1. The van der Waals surface area contributed by atoms with Gasteiger partial charge in [0.2, 0.25) is 0 Å². The smallest absolute Gasteiger partial charge is 0.0601 e. The lowest BCUT2D eigenvalue weighted by Crippen LogP contribution is -2.40. The maximum Gasteiger partial charge on any atom is 0.0601 e. The van der Waals surface area contributed by atoms with Gasteiger partial charge in [-0.3, -0.25) is 0 Å². The van der Waals surface area contributed by atoms with Gasteiger partial charge in [-0.05, 0) is 23.5 Å². The number of para-hydroxylation sites is 1. The van der Waals surface area contributed by atoms with Gasteiger partial charge in [0.15, 0.2) is 0 Å². The number of aryl methyl sites for hydroxylation is 1. The average molecular weight is 262 g/mol. The molecule has 1 heterocycles. The summed E-state index contributed by atoms with van der Waals surface area (Å²) in [5.41, 5.74) is 2.92. The van der Waals surface area contributed by atoms with E-state index < -0.39 is 0 Å². The molecule has 1 aromatic rings. The Morgan fingerprint density at radius 1 is 1.37 bits per heavy atom. The second kappa shape index (κ2) is 5.93. The Hall–Kier alpha value is -1.06. The van der Waals surface area contributed by atoms with Crippen molar-refractivity contribution in [1.82, 2.24) is 5.32 Å². The molecule has 1 aliphatic rings. The minimum atomic E-state index is 0.159. The molecule has 1 unspecified atom stereocenters. The molecule has 3 nitrogen and oxygen atoms in total. The lowest BCUT2D eigenvalue weighted by molar-refractivity contribution is 0.242. The number of nitrogens with zero attached hydrogens (tertiary/aromatic N) is 1. The van der Waals surface area contributed by atoms with Crippen molar-refractivity contribution in [1.29, 1.82) is 0 Å². The fraction of sp³-hybridized carbons (Fsp3) is 0.625. The Morgan fingerprint density at radius 2 is 2.11 bits per heavy atom. The molecule has 0 aromatic heterocycles. The summed E-state index contributed by atoms with van der Waals surface area (Å²) in [6, 6.07) is 8.77. The first kappa shape index (κ1) is 14.4. The molecule has 2 rings (SSSR count). The fourth-order valence-corrected chi connectivity index (χ4v) is 2.81. The van der Waals surface area contributed by atoms with E-state index in [1.54, 1.807) is 0 Å². The first-order valence-electron chi connectivity index (χ1n) is 7.23. The van der Waals surface area contributed by atoms with Crippen LogP contribution in [0, 0.1) is 5.41 Å². The lowest BCUT2D eigenvalue weighted by Gasteiger charge is -2.32. The highest BCUT2D eigenvalue weighted by Gasteiger charge is 2.29. The summed E-state index contributed by atoms with van der Waals surface area (Å²) < 4.78 is 0. The van der Waals surface area contributed by atoms with Gasteiger partial charge < -0.3 is 15.3 Å². The van der Waals surface area contributed by atoms with Crippen LogP contribution in [-0.4, -0.2) is 37.4 Å². The standard InChI is InChI=1S/C16H26N2O/c1-4-13-7-5-6-8-15(13)18-9-14(10-19)17-11-16(2,3)12-18/h5-8,14,17,19H,4,9-12H2,1-3H3. The summed E-state index contributed by atoms with van der Waals surface area (Å²) in [7, 11) is 0. The Kier molecular flexibility index (Phi) is 4.48. The van der Waals surface area contributed by atoms with Gasteiger partial charge in [0, 0.05) is 31.4 Å². The van der Waals surface area contributed by atoms with E-state index in [2.05, 4.69) is 55.3 Å². The zero-order valence-electron chi connectivity index (χ0n) is 12.3. The van der Waals surface area contributed by atoms with E-state index in [1.165, 1.54) is 11.3 Å². The van der Waals surface area contributed by atoms with Crippen LogP contribution in [0.25, 0.3) is 0 Å². The van der Waals surface area contributed by atoms with Crippen molar-refractivity contribution in [3.05, 3.63) is 29.8 Å². The predicted molar refractivity (Wildman–Crippen MR) is 80.7 cm³/mol. The van der Waals surface area contributed by atoms with Crippen molar-refractivity contribution in [2.75, 3.05) is 31.1 Å². The first-order chi connectivity index (χ1) is 9.05. The Morgan fingerprint density at radius 3 is 2.79 bits per heavy atom. The topological polar surface area (TPSA) is 35.5 Å². The van der Waals surface area contributed by atoms with Gasteiger partial charge in [-0.15, -0.1) is 0 Å². The number of nitrogens with one attached hydrogen (secondary N) is 1. The SMILES string of the molecule is CCc1ccccc1N1CC(CO)NCC(C)(C)C1. The molecule has 1 aromatic carbocycles. The molecule has 0 aliphatic carbocycles. The minimum Gasteiger partial charge on any atom is -0.395 e. The summed E-state index contributed by atoms with van der Waals surface area (Å²) in [5, 5.41) is 13.0. The van der Waals surface area contributed by atoms with Crippen LogP contribution < -0.4 is 10.2 Å². The van der Waals surface area contributed by atoms with Crippen molar-refractivity contribution in [2.24, 2.45) is 5.41 Å². The summed E-state index contributed by atoms with van der Waals surface area (Å²) in [5.74, 6) is 0. The van der Waals surface area contributed by atoms with Crippen LogP contribution in [-0.2, 0) is 6.42 Å². The molecule has 1 fully saturated rings. The predicted octanol–water partition coefficient (Wildman–Crippen LogP) is 2.05. The number of aliphatic hydroxyl groups excluding tert-OH is 1. The largest absolute Gasteiger partial charge is 0.395 e. The molecule has 106 valence electrons. The van der Waals surface area contributed by atoms with Crippen molar-refractivity contribution >= 4 is 5.69 Å². The number of hydrogen-bond donors (Lipinski definition) is 2. The van der Waals surface area contributed by atoms with E-state index in [9.17, 15) is 5.11 Å². The van der Waals surface area contributed by atoms with E-state index in [4.69, 9.17) is 0 Å². The average Bonchev–Trinajstić information content (AvgIpc) is 2.57. The van der Waals surface area contributed by atoms with Gasteiger partial charge >= 0.3 is 0 Å². The van der Waals surface area contributed by atoms with Gasteiger partial charge in [0.25, 0.3) is 0 Å². The van der Waals surface area contributed by atoms with E-state index in [0.29, 0.717) is 0 Å². The Labute approximate surface area is 116 Å². The number of benzene rings is 1. The highest BCUT2D eigenvalue weighted by Crippen LogP contribution is 2.27. The third kappa shape index (κ3) is 3.48. The molecule has 1 saturated heterocycles. The number of anilines is 1. The zero-order chi connectivity index (χ0) is 13.9. The molecular weight excluding hydrogens is 236 g/mol. The third-order valence-electron chi connectivity index (χ3n) is 3.86. The molecule has 0 spiro atoms. The van der Waals surface area contributed by atoms with E-state index in [-0.39, 0.29) is 18.1 Å².